The molecular formula is C33H29NO4. The molecule has 38 heavy (non-hydrogen) atoms. The van der Waals surface area contributed by atoms with Crippen LogP contribution in [0.1, 0.15) is 43.2 Å². The minimum Gasteiger partial charge on any atom is -0.419 e. The predicted molar refractivity (Wildman–Crippen MR) is 147 cm³/mol. The Morgan fingerprint density at radius 3 is 1.92 bits per heavy atom. The van der Waals surface area contributed by atoms with Gasteiger partial charge < -0.3 is 14.0 Å². The van der Waals surface area contributed by atoms with Crippen LogP contribution in [0, 0.1) is 6.92 Å². The first-order valence-corrected chi connectivity index (χ1v) is 13.2. The molecule has 190 valence electrons. The summed E-state index contributed by atoms with van der Waals surface area (Å²) in [6.07, 6.45) is 5.52. The molecule has 0 radical (unpaired) electrons. The van der Waals surface area contributed by atoms with Crippen molar-refractivity contribution in [2.45, 2.75) is 44.8 Å². The normalized spacial score (nSPS) is 16.7. The molecule has 2 heterocycles. The average Bonchev–Trinajstić information content (AvgIpc) is 3.32. The third kappa shape index (κ3) is 4.45. The maximum atomic E-state index is 13.2. The molecule has 1 spiro atoms. The number of rotatable bonds is 4. The number of benzene rings is 3. The van der Waals surface area contributed by atoms with Crippen molar-refractivity contribution in [1.29, 1.82) is 0 Å². The van der Waals surface area contributed by atoms with Crippen LogP contribution in [0.2, 0.25) is 0 Å². The molecule has 0 amide bonds. The van der Waals surface area contributed by atoms with E-state index in [9.17, 15) is 9.59 Å². The smallest absolute Gasteiger partial charge is 0.348 e. The van der Waals surface area contributed by atoms with E-state index >= 15 is 0 Å². The molecule has 0 unspecified atom stereocenters. The van der Waals surface area contributed by atoms with Crippen LogP contribution in [0.15, 0.2) is 96.6 Å². The van der Waals surface area contributed by atoms with Crippen molar-refractivity contribution >= 4 is 18.0 Å². The number of carbonyl (C=O) groups excluding carboxylic acids is 2. The molecule has 6 rings (SSSR count). The van der Waals surface area contributed by atoms with Gasteiger partial charge in [-0.3, -0.25) is 0 Å². The van der Waals surface area contributed by atoms with Crippen LogP contribution in [0.3, 0.4) is 0 Å². The van der Waals surface area contributed by atoms with E-state index in [1.807, 2.05) is 54.6 Å². The van der Waals surface area contributed by atoms with Gasteiger partial charge in [-0.2, -0.15) is 0 Å². The van der Waals surface area contributed by atoms with E-state index in [1.165, 1.54) is 0 Å². The van der Waals surface area contributed by atoms with Gasteiger partial charge in [0.05, 0.1) is 11.4 Å². The highest BCUT2D eigenvalue weighted by Gasteiger charge is 2.46. The predicted octanol–water partition coefficient (Wildman–Crippen LogP) is 7.26. The number of hydrogen-bond donors (Lipinski definition) is 0. The molecule has 5 nitrogen and oxygen atoms in total. The summed E-state index contributed by atoms with van der Waals surface area (Å²) in [5.74, 6) is -2.35. The number of esters is 2. The molecule has 0 N–H and O–H groups in total. The van der Waals surface area contributed by atoms with E-state index < -0.39 is 17.7 Å². The Bertz CT molecular complexity index is 1490. The summed E-state index contributed by atoms with van der Waals surface area (Å²) in [6, 6.07) is 30.5. The van der Waals surface area contributed by atoms with Crippen molar-refractivity contribution in [2.75, 3.05) is 0 Å². The van der Waals surface area contributed by atoms with Gasteiger partial charge in [0.25, 0.3) is 5.79 Å². The van der Waals surface area contributed by atoms with Gasteiger partial charge in [-0.1, -0.05) is 84.8 Å². The molecule has 4 aromatic rings. The molecule has 1 aliphatic carbocycles. The molecule has 0 atom stereocenters. The molecule has 1 saturated carbocycles. The van der Waals surface area contributed by atoms with Gasteiger partial charge >= 0.3 is 11.9 Å². The number of carbonyl (C=O) groups is 2. The molecule has 3 aromatic carbocycles. The summed E-state index contributed by atoms with van der Waals surface area (Å²) >= 11 is 0. The molecule has 1 aliphatic heterocycles. The van der Waals surface area contributed by atoms with Crippen LogP contribution in [0.4, 0.5) is 0 Å². The summed E-state index contributed by atoms with van der Waals surface area (Å²) in [6.45, 7) is 2.06. The lowest BCUT2D eigenvalue weighted by Gasteiger charge is -2.38. The van der Waals surface area contributed by atoms with Gasteiger partial charge in [-0.15, -0.1) is 0 Å². The summed E-state index contributed by atoms with van der Waals surface area (Å²) < 4.78 is 13.7. The van der Waals surface area contributed by atoms with Gasteiger partial charge in [-0.25, -0.2) is 9.59 Å². The van der Waals surface area contributed by atoms with Crippen molar-refractivity contribution in [3.8, 4) is 28.2 Å². The zero-order chi connectivity index (χ0) is 26.1. The maximum absolute atomic E-state index is 13.2. The first kappa shape index (κ1) is 24.0. The lowest BCUT2D eigenvalue weighted by Crippen LogP contribution is -2.47. The Labute approximate surface area is 222 Å². The minimum absolute atomic E-state index is 0.0842. The highest BCUT2D eigenvalue weighted by molar-refractivity contribution is 6.19. The summed E-state index contributed by atoms with van der Waals surface area (Å²) in [5.41, 5.74) is 6.59. The second kappa shape index (κ2) is 9.82. The second-order valence-corrected chi connectivity index (χ2v) is 10.0. The van der Waals surface area contributed by atoms with Gasteiger partial charge in [0.1, 0.15) is 5.57 Å². The van der Waals surface area contributed by atoms with E-state index in [1.54, 1.807) is 6.08 Å². The number of hydrogen-bond acceptors (Lipinski definition) is 4. The zero-order valence-corrected chi connectivity index (χ0v) is 21.4. The molecule has 0 bridgehead atoms. The van der Waals surface area contributed by atoms with Crippen molar-refractivity contribution in [3.63, 3.8) is 0 Å². The van der Waals surface area contributed by atoms with Crippen LogP contribution in [0.5, 0.6) is 0 Å². The standard InChI is InChI=1S/C33H29NO4/c1-23-15-17-27(18-16-23)34-29(24-11-5-2-6-12-24)22-26(30(34)25-13-7-3-8-14-25)21-28-31(35)37-33(38-32(28)36)19-9-4-10-20-33/h2-3,5-8,11-18,21-22H,4,9-10,19-20H2,1H3. The van der Waals surface area contributed by atoms with Crippen molar-refractivity contribution in [2.24, 2.45) is 0 Å². The molecule has 2 aliphatic rings. The zero-order valence-electron chi connectivity index (χ0n) is 21.4. The number of aromatic nitrogens is 1. The lowest BCUT2D eigenvalue weighted by molar-refractivity contribution is -0.244. The van der Waals surface area contributed by atoms with Crippen LogP contribution in [-0.4, -0.2) is 22.3 Å². The largest absolute Gasteiger partial charge is 0.419 e. The quantitative estimate of drug-likeness (QED) is 0.167. The first-order valence-electron chi connectivity index (χ1n) is 13.2. The van der Waals surface area contributed by atoms with Crippen LogP contribution in [-0.2, 0) is 19.1 Å². The van der Waals surface area contributed by atoms with Crippen LogP contribution >= 0.6 is 0 Å². The molecule has 1 aromatic heterocycles. The average molecular weight is 504 g/mol. The SMILES string of the molecule is Cc1ccc(-n2c(-c3ccccc3)cc(C=C3C(=O)OC4(CCCCC4)OC3=O)c2-c2ccccc2)cc1. The fourth-order valence-electron chi connectivity index (χ4n) is 5.43. The number of aryl methyl sites for hydroxylation is 1. The Balaban J connectivity index is 1.55. The Morgan fingerprint density at radius 2 is 1.32 bits per heavy atom. The Hall–Kier alpha value is -4.38. The first-order chi connectivity index (χ1) is 18.5. The van der Waals surface area contributed by atoms with E-state index in [0.717, 1.165) is 58.6 Å². The molecule has 2 fully saturated rings. The van der Waals surface area contributed by atoms with Gasteiger partial charge in [0, 0.05) is 24.1 Å². The molecule has 1 saturated heterocycles. The second-order valence-electron chi connectivity index (χ2n) is 10.0. The highest BCUT2D eigenvalue weighted by atomic mass is 16.7. The van der Waals surface area contributed by atoms with Gasteiger partial charge in [0.2, 0.25) is 0 Å². The summed E-state index contributed by atoms with van der Waals surface area (Å²) in [7, 11) is 0. The highest BCUT2D eigenvalue weighted by Crippen LogP contribution is 2.40. The van der Waals surface area contributed by atoms with Crippen LogP contribution < -0.4 is 0 Å². The van der Waals surface area contributed by atoms with Gasteiger partial charge in [0.15, 0.2) is 0 Å². The monoisotopic (exact) mass is 503 g/mol. The van der Waals surface area contributed by atoms with E-state index in [-0.39, 0.29) is 5.57 Å². The minimum atomic E-state index is -1.12. The van der Waals surface area contributed by atoms with E-state index in [4.69, 9.17) is 9.47 Å². The number of ether oxygens (including phenoxy) is 2. The third-order valence-corrected chi connectivity index (χ3v) is 7.35. The van der Waals surface area contributed by atoms with Crippen molar-refractivity contribution in [1.82, 2.24) is 4.57 Å². The summed E-state index contributed by atoms with van der Waals surface area (Å²) in [4.78, 5) is 26.4. The van der Waals surface area contributed by atoms with Gasteiger partial charge in [-0.05, 0) is 55.2 Å². The third-order valence-electron chi connectivity index (χ3n) is 7.35. The van der Waals surface area contributed by atoms with Crippen molar-refractivity contribution in [3.05, 3.63) is 108 Å². The van der Waals surface area contributed by atoms with E-state index in [0.29, 0.717) is 12.8 Å². The summed E-state index contributed by atoms with van der Waals surface area (Å²) in [5, 5.41) is 0. The Kier molecular flexibility index (Phi) is 6.20. The maximum Gasteiger partial charge on any atom is 0.348 e. The Morgan fingerprint density at radius 1 is 0.737 bits per heavy atom. The number of nitrogens with zero attached hydrogens (tertiary/aromatic N) is 1. The topological polar surface area (TPSA) is 57.5 Å². The van der Waals surface area contributed by atoms with Crippen molar-refractivity contribution < 1.29 is 19.1 Å². The molecule has 5 heteroatoms. The van der Waals surface area contributed by atoms with Crippen LogP contribution in [0.25, 0.3) is 34.3 Å². The fraction of sp³-hybridized carbons (Fsp3) is 0.212. The lowest BCUT2D eigenvalue weighted by atomic mass is 9.93. The molecular weight excluding hydrogens is 474 g/mol. The fourth-order valence-corrected chi connectivity index (χ4v) is 5.43. The van der Waals surface area contributed by atoms with E-state index in [2.05, 4.69) is 47.9 Å².